The minimum Gasteiger partial charge on any atom is -0.376 e. The van der Waals surface area contributed by atoms with Gasteiger partial charge in [-0.3, -0.25) is 0 Å². The van der Waals surface area contributed by atoms with Crippen LogP contribution in [0.25, 0.3) is 0 Å². The summed E-state index contributed by atoms with van der Waals surface area (Å²) >= 11 is 11.6. The van der Waals surface area contributed by atoms with Crippen molar-refractivity contribution in [3.63, 3.8) is 0 Å². The average molecular weight is 386 g/mol. The standard InChI is InChI=1S/C12H11Cl2F2N3O3S/c1-23(21,22)12(15,16)11(20,5-19-7-17-6-18-19)9-3-2-8(13)4-10(9)14/h2-4,6-7,20H,5H2,1H3/t11-/m1/s1. The molecule has 2 rings (SSSR count). The number of halogens is 4. The summed E-state index contributed by atoms with van der Waals surface area (Å²) in [5.41, 5.74) is -3.66. The first-order chi connectivity index (χ1) is 10.5. The maximum absolute atomic E-state index is 14.5. The number of benzene rings is 1. The van der Waals surface area contributed by atoms with E-state index in [9.17, 15) is 22.3 Å². The lowest BCUT2D eigenvalue weighted by Gasteiger charge is -2.35. The summed E-state index contributed by atoms with van der Waals surface area (Å²) in [4.78, 5) is 3.57. The van der Waals surface area contributed by atoms with E-state index < -0.39 is 32.8 Å². The number of nitrogens with zero attached hydrogens (tertiary/aromatic N) is 3. The van der Waals surface area contributed by atoms with Crippen LogP contribution in [-0.4, -0.2) is 39.8 Å². The molecule has 0 aliphatic heterocycles. The Morgan fingerprint density at radius 2 is 2.00 bits per heavy atom. The van der Waals surface area contributed by atoms with Crippen LogP contribution in [0, 0.1) is 0 Å². The molecule has 0 radical (unpaired) electrons. The van der Waals surface area contributed by atoms with Crippen molar-refractivity contribution in [1.82, 2.24) is 14.8 Å². The van der Waals surface area contributed by atoms with Crippen LogP contribution in [-0.2, 0) is 22.0 Å². The van der Waals surface area contributed by atoms with Crippen molar-refractivity contribution in [3.8, 4) is 0 Å². The van der Waals surface area contributed by atoms with Gasteiger partial charge in [-0.25, -0.2) is 18.1 Å². The monoisotopic (exact) mass is 385 g/mol. The van der Waals surface area contributed by atoms with Crippen molar-refractivity contribution in [2.75, 3.05) is 6.26 Å². The van der Waals surface area contributed by atoms with Crippen molar-refractivity contribution in [2.24, 2.45) is 0 Å². The highest BCUT2D eigenvalue weighted by Gasteiger charge is 2.62. The second kappa shape index (κ2) is 5.97. The van der Waals surface area contributed by atoms with E-state index in [0.29, 0.717) is 6.26 Å². The Bertz CT molecular complexity index is 815. The van der Waals surface area contributed by atoms with Gasteiger partial charge in [-0.15, -0.1) is 0 Å². The van der Waals surface area contributed by atoms with Crippen molar-refractivity contribution in [3.05, 3.63) is 46.5 Å². The Balaban J connectivity index is 2.69. The summed E-state index contributed by atoms with van der Waals surface area (Å²) in [6.45, 7) is -0.881. The molecule has 126 valence electrons. The van der Waals surface area contributed by atoms with Crippen LogP contribution in [0.4, 0.5) is 8.78 Å². The predicted octanol–water partition coefficient (Wildman–Crippen LogP) is 2.11. The molecule has 1 heterocycles. The summed E-state index contributed by atoms with van der Waals surface area (Å²) in [6, 6.07) is 3.39. The third-order valence-corrected chi connectivity index (χ3v) is 5.00. The molecule has 1 aromatic carbocycles. The number of sulfone groups is 1. The van der Waals surface area contributed by atoms with Gasteiger partial charge in [0.2, 0.25) is 9.84 Å². The van der Waals surface area contributed by atoms with E-state index in [2.05, 4.69) is 10.1 Å². The first-order valence-corrected chi connectivity index (χ1v) is 8.71. The van der Waals surface area contributed by atoms with Crippen LogP contribution < -0.4 is 0 Å². The molecule has 0 aliphatic carbocycles. The Kier molecular flexibility index (Phi) is 4.69. The van der Waals surface area contributed by atoms with Gasteiger partial charge in [-0.1, -0.05) is 29.3 Å². The van der Waals surface area contributed by atoms with Crippen molar-refractivity contribution in [1.29, 1.82) is 0 Å². The number of alkyl halides is 2. The molecular formula is C12H11Cl2F2N3O3S. The highest BCUT2D eigenvalue weighted by atomic mass is 35.5. The molecule has 1 aromatic heterocycles. The molecule has 0 amide bonds. The summed E-state index contributed by atoms with van der Waals surface area (Å²) in [6.07, 6.45) is 2.44. The molecule has 1 atom stereocenters. The topological polar surface area (TPSA) is 85.1 Å². The molecule has 11 heteroatoms. The molecule has 23 heavy (non-hydrogen) atoms. The zero-order chi connectivity index (χ0) is 17.5. The van der Waals surface area contributed by atoms with E-state index >= 15 is 0 Å². The van der Waals surface area contributed by atoms with Crippen LogP contribution in [0.3, 0.4) is 0 Å². The van der Waals surface area contributed by atoms with Gasteiger partial charge in [0.05, 0.1) is 6.54 Å². The number of aliphatic hydroxyl groups is 1. The van der Waals surface area contributed by atoms with Gasteiger partial charge in [0.25, 0.3) is 0 Å². The van der Waals surface area contributed by atoms with E-state index in [1.165, 1.54) is 6.07 Å². The van der Waals surface area contributed by atoms with Crippen molar-refractivity contribution in [2.45, 2.75) is 17.4 Å². The van der Waals surface area contributed by atoms with Gasteiger partial charge in [-0.2, -0.15) is 13.9 Å². The first kappa shape index (κ1) is 18.1. The van der Waals surface area contributed by atoms with E-state index in [1.54, 1.807) is 0 Å². The van der Waals surface area contributed by atoms with Crippen LogP contribution >= 0.6 is 23.2 Å². The smallest absolute Gasteiger partial charge is 0.376 e. The number of aromatic nitrogens is 3. The second-order valence-electron chi connectivity index (χ2n) is 4.87. The van der Waals surface area contributed by atoms with Crippen LogP contribution in [0.1, 0.15) is 5.56 Å². The van der Waals surface area contributed by atoms with E-state index in [1.807, 2.05) is 0 Å². The molecule has 0 saturated carbocycles. The van der Waals surface area contributed by atoms with Gasteiger partial charge in [0, 0.05) is 21.9 Å². The molecular weight excluding hydrogens is 375 g/mol. The lowest BCUT2D eigenvalue weighted by Crippen LogP contribution is -2.53. The van der Waals surface area contributed by atoms with Crippen molar-refractivity contribution >= 4 is 33.0 Å². The third-order valence-electron chi connectivity index (χ3n) is 3.18. The molecule has 0 unspecified atom stereocenters. The van der Waals surface area contributed by atoms with Gasteiger partial charge in [0.15, 0.2) is 5.60 Å². The minimum atomic E-state index is -4.97. The summed E-state index contributed by atoms with van der Waals surface area (Å²) in [7, 11) is -4.97. The van der Waals surface area contributed by atoms with Gasteiger partial charge in [-0.05, 0) is 12.1 Å². The fourth-order valence-electron chi connectivity index (χ4n) is 2.01. The maximum Gasteiger partial charge on any atom is 0.379 e. The van der Waals surface area contributed by atoms with E-state index in [4.69, 9.17) is 23.2 Å². The molecule has 0 fully saturated rings. The Morgan fingerprint density at radius 1 is 1.35 bits per heavy atom. The minimum absolute atomic E-state index is 0.143. The molecule has 2 aromatic rings. The first-order valence-electron chi connectivity index (χ1n) is 6.07. The Morgan fingerprint density at radius 3 is 2.48 bits per heavy atom. The lowest BCUT2D eigenvalue weighted by molar-refractivity contribution is -0.143. The third kappa shape index (κ3) is 3.18. The van der Waals surface area contributed by atoms with Gasteiger partial charge >= 0.3 is 5.25 Å². The predicted molar refractivity (Wildman–Crippen MR) is 80.2 cm³/mol. The quantitative estimate of drug-likeness (QED) is 0.851. The van der Waals surface area contributed by atoms with E-state index in [-0.39, 0.29) is 10.0 Å². The van der Waals surface area contributed by atoms with Crippen LogP contribution in [0.2, 0.25) is 10.0 Å². The highest BCUT2D eigenvalue weighted by molar-refractivity contribution is 7.91. The molecule has 6 nitrogen and oxygen atoms in total. The van der Waals surface area contributed by atoms with Crippen molar-refractivity contribution < 1.29 is 22.3 Å². The zero-order valence-corrected chi connectivity index (χ0v) is 13.9. The molecule has 0 spiro atoms. The maximum atomic E-state index is 14.5. The van der Waals surface area contributed by atoms with Gasteiger partial charge < -0.3 is 5.11 Å². The van der Waals surface area contributed by atoms with Crippen LogP contribution in [0.15, 0.2) is 30.9 Å². The Hall–Kier alpha value is -1.29. The molecule has 0 aliphatic rings. The number of hydrogen-bond acceptors (Lipinski definition) is 5. The molecule has 1 N–H and O–H groups in total. The average Bonchev–Trinajstić information content (AvgIpc) is 2.89. The van der Waals surface area contributed by atoms with E-state index in [0.717, 1.165) is 29.5 Å². The number of rotatable bonds is 5. The fraction of sp³-hybridized carbons (Fsp3) is 0.333. The second-order valence-corrected chi connectivity index (χ2v) is 7.77. The summed E-state index contributed by atoms with van der Waals surface area (Å²) in [5, 5.41) is 9.56. The summed E-state index contributed by atoms with van der Waals surface area (Å²) < 4.78 is 53.1. The number of hydrogen-bond donors (Lipinski definition) is 1. The SMILES string of the molecule is CS(=O)(=O)C(F)(F)[C@@](O)(Cn1cncn1)c1ccc(Cl)cc1Cl. The molecule has 0 saturated heterocycles. The lowest BCUT2D eigenvalue weighted by atomic mass is 9.93. The summed E-state index contributed by atoms with van der Waals surface area (Å²) in [5.74, 6) is 0. The normalized spacial score (nSPS) is 15.4. The Labute approximate surface area is 140 Å². The fourth-order valence-corrected chi connectivity index (χ4v) is 3.37. The highest BCUT2D eigenvalue weighted by Crippen LogP contribution is 2.45. The zero-order valence-electron chi connectivity index (χ0n) is 11.6. The van der Waals surface area contributed by atoms with Gasteiger partial charge in [0.1, 0.15) is 12.7 Å². The van der Waals surface area contributed by atoms with Crippen LogP contribution in [0.5, 0.6) is 0 Å². The largest absolute Gasteiger partial charge is 0.379 e. The molecule has 0 bridgehead atoms.